The van der Waals surface area contributed by atoms with Crippen LogP contribution >= 0.6 is 11.6 Å². The van der Waals surface area contributed by atoms with Crippen molar-refractivity contribution < 1.29 is 4.79 Å². The summed E-state index contributed by atoms with van der Waals surface area (Å²) < 4.78 is 0. The Morgan fingerprint density at radius 1 is 1.29 bits per heavy atom. The number of carbonyl (C=O) groups excluding carboxylic acids is 1. The molecule has 1 aromatic heterocycles. The van der Waals surface area contributed by atoms with E-state index in [1.54, 1.807) is 12.3 Å². The SMILES string of the molecule is O=C(NC1CC1)c1ccnc(NCc2ccccc2Cl)n1. The number of hydrogen-bond donors (Lipinski definition) is 2. The van der Waals surface area contributed by atoms with Crippen molar-refractivity contribution in [2.24, 2.45) is 0 Å². The van der Waals surface area contributed by atoms with Gasteiger partial charge in [-0.15, -0.1) is 0 Å². The number of rotatable bonds is 5. The molecule has 108 valence electrons. The van der Waals surface area contributed by atoms with Gasteiger partial charge < -0.3 is 10.6 Å². The largest absolute Gasteiger partial charge is 0.350 e. The quantitative estimate of drug-likeness (QED) is 0.891. The lowest BCUT2D eigenvalue weighted by Gasteiger charge is -2.08. The number of anilines is 1. The maximum atomic E-state index is 11.9. The van der Waals surface area contributed by atoms with E-state index in [1.165, 1.54) is 0 Å². The van der Waals surface area contributed by atoms with Gasteiger partial charge >= 0.3 is 0 Å². The summed E-state index contributed by atoms with van der Waals surface area (Å²) in [6.07, 6.45) is 3.67. The molecule has 1 aromatic carbocycles. The number of benzene rings is 1. The van der Waals surface area contributed by atoms with Gasteiger partial charge in [0, 0.05) is 23.8 Å². The van der Waals surface area contributed by atoms with Gasteiger partial charge in [0.05, 0.1) is 0 Å². The fraction of sp³-hybridized carbons (Fsp3) is 0.267. The average molecular weight is 303 g/mol. The van der Waals surface area contributed by atoms with Gasteiger partial charge in [-0.3, -0.25) is 4.79 Å². The van der Waals surface area contributed by atoms with E-state index in [2.05, 4.69) is 20.6 Å². The van der Waals surface area contributed by atoms with Gasteiger partial charge in [0.1, 0.15) is 5.69 Å². The fourth-order valence-corrected chi connectivity index (χ4v) is 2.08. The molecule has 0 unspecified atom stereocenters. The Morgan fingerprint density at radius 3 is 2.86 bits per heavy atom. The molecule has 6 heteroatoms. The molecule has 5 nitrogen and oxygen atoms in total. The molecule has 0 saturated heterocycles. The van der Waals surface area contributed by atoms with E-state index in [1.807, 2.05) is 24.3 Å². The second-order valence-electron chi connectivity index (χ2n) is 4.96. The molecule has 1 heterocycles. The predicted molar refractivity (Wildman–Crippen MR) is 81.3 cm³/mol. The van der Waals surface area contributed by atoms with Gasteiger partial charge in [0.25, 0.3) is 5.91 Å². The Bertz CT molecular complexity index is 658. The molecule has 0 aliphatic heterocycles. The number of halogens is 1. The third-order valence-electron chi connectivity index (χ3n) is 3.20. The van der Waals surface area contributed by atoms with Crippen LogP contribution in [0.5, 0.6) is 0 Å². The van der Waals surface area contributed by atoms with Crippen LogP contribution in [0.1, 0.15) is 28.9 Å². The predicted octanol–water partition coefficient (Wildman–Crippen LogP) is 2.63. The molecule has 2 aromatic rings. The first-order chi connectivity index (χ1) is 10.2. The molecule has 1 fully saturated rings. The van der Waals surface area contributed by atoms with Gasteiger partial charge in [-0.1, -0.05) is 29.8 Å². The fourth-order valence-electron chi connectivity index (χ4n) is 1.87. The Morgan fingerprint density at radius 2 is 2.10 bits per heavy atom. The van der Waals surface area contributed by atoms with Crippen molar-refractivity contribution in [2.45, 2.75) is 25.4 Å². The zero-order valence-electron chi connectivity index (χ0n) is 11.3. The summed E-state index contributed by atoms with van der Waals surface area (Å²) in [6, 6.07) is 9.48. The summed E-state index contributed by atoms with van der Waals surface area (Å²) in [6.45, 7) is 0.507. The van der Waals surface area contributed by atoms with Crippen LogP contribution in [0.25, 0.3) is 0 Å². The molecule has 21 heavy (non-hydrogen) atoms. The molecule has 0 spiro atoms. The standard InChI is InChI=1S/C15H15ClN4O/c16-12-4-2-1-3-10(12)9-18-15-17-8-7-13(20-15)14(21)19-11-5-6-11/h1-4,7-8,11H,5-6,9H2,(H,19,21)(H,17,18,20). The number of carbonyl (C=O) groups is 1. The van der Waals surface area contributed by atoms with E-state index in [9.17, 15) is 4.79 Å². The van der Waals surface area contributed by atoms with E-state index in [0.717, 1.165) is 18.4 Å². The highest BCUT2D eigenvalue weighted by atomic mass is 35.5. The first-order valence-electron chi connectivity index (χ1n) is 6.83. The molecular formula is C15H15ClN4O. The zero-order valence-corrected chi connectivity index (χ0v) is 12.1. The Kier molecular flexibility index (Phi) is 4.01. The summed E-state index contributed by atoms with van der Waals surface area (Å²) in [5.41, 5.74) is 1.33. The van der Waals surface area contributed by atoms with Crippen LogP contribution in [-0.4, -0.2) is 21.9 Å². The highest BCUT2D eigenvalue weighted by Crippen LogP contribution is 2.19. The molecule has 0 atom stereocenters. The summed E-state index contributed by atoms with van der Waals surface area (Å²) in [5.74, 6) is 0.263. The lowest BCUT2D eigenvalue weighted by molar-refractivity contribution is 0.0946. The number of amides is 1. The van der Waals surface area contributed by atoms with E-state index in [0.29, 0.717) is 29.3 Å². The van der Waals surface area contributed by atoms with Crippen molar-refractivity contribution >= 4 is 23.5 Å². The molecule has 2 N–H and O–H groups in total. The smallest absolute Gasteiger partial charge is 0.270 e. The van der Waals surface area contributed by atoms with Crippen LogP contribution < -0.4 is 10.6 Å². The zero-order chi connectivity index (χ0) is 14.7. The molecule has 3 rings (SSSR count). The van der Waals surface area contributed by atoms with Crippen molar-refractivity contribution in [3.63, 3.8) is 0 Å². The molecule has 1 saturated carbocycles. The number of hydrogen-bond acceptors (Lipinski definition) is 4. The number of aromatic nitrogens is 2. The highest BCUT2D eigenvalue weighted by Gasteiger charge is 2.24. The van der Waals surface area contributed by atoms with Crippen molar-refractivity contribution in [1.82, 2.24) is 15.3 Å². The second kappa shape index (κ2) is 6.10. The minimum Gasteiger partial charge on any atom is -0.350 e. The minimum absolute atomic E-state index is 0.152. The molecule has 1 aliphatic carbocycles. The average Bonchev–Trinajstić information content (AvgIpc) is 3.31. The van der Waals surface area contributed by atoms with E-state index >= 15 is 0 Å². The molecule has 0 bridgehead atoms. The van der Waals surface area contributed by atoms with Crippen LogP contribution in [-0.2, 0) is 6.54 Å². The van der Waals surface area contributed by atoms with Crippen molar-refractivity contribution in [3.8, 4) is 0 Å². The van der Waals surface area contributed by atoms with Crippen molar-refractivity contribution in [3.05, 3.63) is 52.8 Å². The monoisotopic (exact) mass is 302 g/mol. The second-order valence-corrected chi connectivity index (χ2v) is 5.37. The van der Waals surface area contributed by atoms with Gasteiger partial charge in [-0.2, -0.15) is 0 Å². The van der Waals surface area contributed by atoms with Crippen LogP contribution in [0.2, 0.25) is 5.02 Å². The highest BCUT2D eigenvalue weighted by molar-refractivity contribution is 6.31. The van der Waals surface area contributed by atoms with Gasteiger partial charge in [-0.25, -0.2) is 9.97 Å². The Balaban J connectivity index is 1.65. The first kappa shape index (κ1) is 13.8. The Hall–Kier alpha value is -2.14. The van der Waals surface area contributed by atoms with E-state index < -0.39 is 0 Å². The lowest BCUT2D eigenvalue weighted by atomic mass is 10.2. The molecule has 0 radical (unpaired) electrons. The van der Waals surface area contributed by atoms with E-state index in [-0.39, 0.29) is 5.91 Å². The summed E-state index contributed by atoms with van der Waals surface area (Å²) in [7, 11) is 0. The first-order valence-corrected chi connectivity index (χ1v) is 7.21. The van der Waals surface area contributed by atoms with Crippen LogP contribution in [0.3, 0.4) is 0 Å². The normalized spacial score (nSPS) is 13.8. The summed E-state index contributed by atoms with van der Waals surface area (Å²) in [4.78, 5) is 20.3. The maximum Gasteiger partial charge on any atom is 0.270 e. The lowest BCUT2D eigenvalue weighted by Crippen LogP contribution is -2.26. The third kappa shape index (κ3) is 3.70. The maximum absolute atomic E-state index is 11.9. The number of nitrogens with one attached hydrogen (secondary N) is 2. The van der Waals surface area contributed by atoms with E-state index in [4.69, 9.17) is 11.6 Å². The van der Waals surface area contributed by atoms with Crippen LogP contribution in [0, 0.1) is 0 Å². The Labute approximate surface area is 127 Å². The topological polar surface area (TPSA) is 66.9 Å². The third-order valence-corrected chi connectivity index (χ3v) is 3.56. The van der Waals surface area contributed by atoms with Crippen LogP contribution in [0.15, 0.2) is 36.5 Å². The van der Waals surface area contributed by atoms with Crippen molar-refractivity contribution in [1.29, 1.82) is 0 Å². The minimum atomic E-state index is -0.152. The van der Waals surface area contributed by atoms with Crippen LogP contribution in [0.4, 0.5) is 5.95 Å². The van der Waals surface area contributed by atoms with Crippen molar-refractivity contribution in [2.75, 3.05) is 5.32 Å². The van der Waals surface area contributed by atoms with Gasteiger partial charge in [0.15, 0.2) is 0 Å². The molecule has 1 amide bonds. The summed E-state index contributed by atoms with van der Waals surface area (Å²) in [5, 5.41) is 6.67. The number of nitrogens with zero attached hydrogens (tertiary/aromatic N) is 2. The summed E-state index contributed by atoms with van der Waals surface area (Å²) >= 11 is 6.09. The van der Waals surface area contributed by atoms with Gasteiger partial charge in [-0.05, 0) is 30.5 Å². The molecular weight excluding hydrogens is 288 g/mol. The van der Waals surface area contributed by atoms with Gasteiger partial charge in [0.2, 0.25) is 5.95 Å². The molecule has 1 aliphatic rings.